The van der Waals surface area contributed by atoms with Crippen LogP contribution in [0.15, 0.2) is 12.1 Å². The Balaban J connectivity index is 0.00000200. The summed E-state index contributed by atoms with van der Waals surface area (Å²) < 4.78 is 10.9. The Bertz CT molecular complexity index is 469. The maximum Gasteiger partial charge on any atom is 0.224 e. The lowest BCUT2D eigenvalue weighted by Crippen LogP contribution is -2.17. The summed E-state index contributed by atoms with van der Waals surface area (Å²) in [6, 6.07) is 3.37. The van der Waals surface area contributed by atoms with Crippen LogP contribution >= 0.6 is 24.0 Å². The van der Waals surface area contributed by atoms with Crippen LogP contribution in [-0.2, 0) is 4.79 Å². The lowest BCUT2D eigenvalue weighted by molar-refractivity contribution is -0.116. The molecule has 0 saturated carbocycles. The molecule has 7 heteroatoms. The Hall–Kier alpha value is -1.17. The van der Waals surface area contributed by atoms with Gasteiger partial charge >= 0.3 is 0 Å². The second-order valence-electron chi connectivity index (χ2n) is 4.23. The van der Waals surface area contributed by atoms with E-state index in [-0.39, 0.29) is 18.3 Å². The molecular formula is C13H18Cl2N2O3. The summed E-state index contributed by atoms with van der Waals surface area (Å²) in [6.07, 6.45) is 1.23. The number of amides is 1. The molecule has 1 aliphatic heterocycles. The van der Waals surface area contributed by atoms with Crippen molar-refractivity contribution in [3.05, 3.63) is 17.2 Å². The first-order valence-corrected chi connectivity index (χ1v) is 6.62. The number of hydrogen-bond donors (Lipinski definition) is 2. The van der Waals surface area contributed by atoms with Gasteiger partial charge in [-0.1, -0.05) is 11.6 Å². The summed E-state index contributed by atoms with van der Waals surface area (Å²) in [4.78, 5) is 11.7. The zero-order valence-corrected chi connectivity index (χ0v) is 12.8. The molecule has 2 rings (SSSR count). The van der Waals surface area contributed by atoms with Gasteiger partial charge in [0.25, 0.3) is 0 Å². The molecule has 1 heterocycles. The van der Waals surface area contributed by atoms with Gasteiger partial charge in [0.2, 0.25) is 5.91 Å². The highest BCUT2D eigenvalue weighted by Crippen LogP contribution is 2.37. The number of anilines is 1. The molecule has 1 aliphatic rings. The Morgan fingerprint density at radius 3 is 2.60 bits per heavy atom. The number of nitrogens with one attached hydrogen (secondary N) is 2. The van der Waals surface area contributed by atoms with Crippen molar-refractivity contribution in [3.8, 4) is 11.5 Å². The van der Waals surface area contributed by atoms with E-state index in [1.54, 1.807) is 12.1 Å². The summed E-state index contributed by atoms with van der Waals surface area (Å²) in [5.41, 5.74) is 0.556. The van der Waals surface area contributed by atoms with E-state index in [2.05, 4.69) is 10.6 Å². The highest BCUT2D eigenvalue weighted by atomic mass is 35.5. The molecule has 0 unspecified atom stereocenters. The van der Waals surface area contributed by atoms with Gasteiger partial charge in [-0.15, -0.1) is 12.4 Å². The van der Waals surface area contributed by atoms with E-state index in [1.807, 2.05) is 7.05 Å². The highest BCUT2D eigenvalue weighted by molar-refractivity contribution is 6.34. The van der Waals surface area contributed by atoms with Gasteiger partial charge in [0.15, 0.2) is 11.5 Å². The number of carbonyl (C=O) groups is 1. The van der Waals surface area contributed by atoms with E-state index in [1.165, 1.54) is 0 Å². The number of hydrogen-bond acceptors (Lipinski definition) is 4. The summed E-state index contributed by atoms with van der Waals surface area (Å²) in [7, 11) is 1.86. The average Bonchev–Trinajstić information content (AvgIpc) is 2.40. The van der Waals surface area contributed by atoms with Crippen molar-refractivity contribution >= 4 is 35.6 Å². The van der Waals surface area contributed by atoms with Crippen LogP contribution in [0.2, 0.25) is 5.02 Å². The predicted molar refractivity (Wildman–Crippen MR) is 81.5 cm³/mol. The molecule has 0 aromatic heterocycles. The normalized spacial score (nSPS) is 12.5. The first-order valence-electron chi connectivity index (χ1n) is 6.24. The van der Waals surface area contributed by atoms with Crippen molar-refractivity contribution in [1.82, 2.24) is 5.32 Å². The van der Waals surface area contributed by atoms with Crippen molar-refractivity contribution in [2.75, 3.05) is 32.1 Å². The van der Waals surface area contributed by atoms with E-state index in [4.69, 9.17) is 21.1 Å². The molecule has 0 spiro atoms. The topological polar surface area (TPSA) is 59.6 Å². The minimum atomic E-state index is -0.0613. The summed E-state index contributed by atoms with van der Waals surface area (Å²) in [5, 5.41) is 6.23. The summed E-state index contributed by atoms with van der Waals surface area (Å²) in [6.45, 7) is 1.82. The maximum atomic E-state index is 11.7. The van der Waals surface area contributed by atoms with Crippen molar-refractivity contribution < 1.29 is 14.3 Å². The minimum absolute atomic E-state index is 0. The molecule has 0 bridgehead atoms. The zero-order valence-electron chi connectivity index (χ0n) is 11.2. The van der Waals surface area contributed by atoms with E-state index in [0.717, 1.165) is 13.0 Å². The predicted octanol–water partition coefficient (Wildman–Crippen LogP) is 2.47. The van der Waals surface area contributed by atoms with Crippen molar-refractivity contribution in [1.29, 1.82) is 0 Å². The molecule has 0 fully saturated rings. The fourth-order valence-corrected chi connectivity index (χ4v) is 2.00. The van der Waals surface area contributed by atoms with Crippen LogP contribution in [0.1, 0.15) is 12.8 Å². The van der Waals surface area contributed by atoms with Crippen LogP contribution in [0.25, 0.3) is 0 Å². The molecule has 1 aromatic carbocycles. The second kappa shape index (κ2) is 8.19. The highest BCUT2D eigenvalue weighted by Gasteiger charge is 2.16. The maximum absolute atomic E-state index is 11.7. The monoisotopic (exact) mass is 320 g/mol. The van der Waals surface area contributed by atoms with E-state index >= 15 is 0 Å². The second-order valence-corrected chi connectivity index (χ2v) is 4.64. The zero-order chi connectivity index (χ0) is 13.7. The van der Waals surface area contributed by atoms with Gasteiger partial charge in [0, 0.05) is 18.6 Å². The molecule has 5 nitrogen and oxygen atoms in total. The molecule has 0 radical (unpaired) electrons. The molecule has 2 N–H and O–H groups in total. The molecule has 0 saturated heterocycles. The van der Waals surface area contributed by atoms with Gasteiger partial charge < -0.3 is 20.1 Å². The molecule has 0 aliphatic carbocycles. The molecule has 20 heavy (non-hydrogen) atoms. The van der Waals surface area contributed by atoms with Gasteiger partial charge in [0.1, 0.15) is 13.2 Å². The van der Waals surface area contributed by atoms with Crippen molar-refractivity contribution in [2.24, 2.45) is 0 Å². The Morgan fingerprint density at radius 2 is 1.95 bits per heavy atom. The fraction of sp³-hybridized carbons (Fsp3) is 0.462. The Morgan fingerprint density at radius 1 is 1.30 bits per heavy atom. The average molecular weight is 321 g/mol. The SMILES string of the molecule is CNCCCC(=O)Nc1cc2c(cc1Cl)OCCO2.Cl. The van der Waals surface area contributed by atoms with Crippen molar-refractivity contribution in [2.45, 2.75) is 12.8 Å². The van der Waals surface area contributed by atoms with Crippen LogP contribution in [0.5, 0.6) is 11.5 Å². The smallest absolute Gasteiger partial charge is 0.224 e. The number of rotatable bonds is 5. The number of benzene rings is 1. The van der Waals surface area contributed by atoms with E-state index in [9.17, 15) is 4.79 Å². The van der Waals surface area contributed by atoms with Crippen LogP contribution in [0, 0.1) is 0 Å². The number of carbonyl (C=O) groups excluding carboxylic acids is 1. The number of halogens is 2. The van der Waals surface area contributed by atoms with Gasteiger partial charge in [-0.2, -0.15) is 0 Å². The lowest BCUT2D eigenvalue weighted by atomic mass is 10.2. The third kappa shape index (κ3) is 4.44. The van der Waals surface area contributed by atoms with Gasteiger partial charge in [-0.3, -0.25) is 4.79 Å². The lowest BCUT2D eigenvalue weighted by Gasteiger charge is -2.20. The first kappa shape index (κ1) is 16.9. The molecule has 0 atom stereocenters. The van der Waals surface area contributed by atoms with Crippen LogP contribution in [-0.4, -0.2) is 32.7 Å². The third-order valence-electron chi connectivity index (χ3n) is 2.74. The third-order valence-corrected chi connectivity index (χ3v) is 3.05. The number of ether oxygens (including phenoxy) is 2. The first-order chi connectivity index (χ1) is 9.20. The molecular weight excluding hydrogens is 303 g/mol. The van der Waals surface area contributed by atoms with Crippen molar-refractivity contribution in [3.63, 3.8) is 0 Å². The quantitative estimate of drug-likeness (QED) is 0.818. The summed E-state index contributed by atoms with van der Waals surface area (Å²) >= 11 is 6.10. The molecule has 1 amide bonds. The summed E-state index contributed by atoms with van der Waals surface area (Å²) in [5.74, 6) is 1.17. The Kier molecular flexibility index (Phi) is 6.91. The van der Waals surface area contributed by atoms with Crippen LogP contribution in [0.4, 0.5) is 5.69 Å². The minimum Gasteiger partial charge on any atom is -0.486 e. The van der Waals surface area contributed by atoms with E-state index < -0.39 is 0 Å². The van der Waals surface area contributed by atoms with Gasteiger partial charge in [0.05, 0.1) is 10.7 Å². The fourth-order valence-electron chi connectivity index (χ4n) is 1.80. The standard InChI is InChI=1S/C13H17ClN2O3.ClH/c1-15-4-2-3-13(17)16-10-8-12-11(7-9(10)14)18-5-6-19-12;/h7-8,15H,2-6H2,1H3,(H,16,17);1H. The van der Waals surface area contributed by atoms with Gasteiger partial charge in [-0.25, -0.2) is 0 Å². The number of fused-ring (bicyclic) bond motifs is 1. The van der Waals surface area contributed by atoms with Crippen LogP contribution < -0.4 is 20.1 Å². The van der Waals surface area contributed by atoms with Crippen LogP contribution in [0.3, 0.4) is 0 Å². The Labute approximate surface area is 129 Å². The molecule has 112 valence electrons. The largest absolute Gasteiger partial charge is 0.486 e. The van der Waals surface area contributed by atoms with E-state index in [0.29, 0.717) is 41.8 Å². The molecule has 1 aromatic rings. The van der Waals surface area contributed by atoms with Gasteiger partial charge in [-0.05, 0) is 20.0 Å².